The molecular formula is C23H31FN2O2. The van der Waals surface area contributed by atoms with Crippen LogP contribution in [-0.2, 0) is 16.0 Å². The predicted molar refractivity (Wildman–Crippen MR) is 111 cm³/mol. The maximum absolute atomic E-state index is 13.1. The number of hydrogen-bond donors (Lipinski definition) is 0. The number of ether oxygens (including phenoxy) is 1. The second kappa shape index (κ2) is 10.3. The van der Waals surface area contributed by atoms with Gasteiger partial charge >= 0.3 is 0 Å². The van der Waals surface area contributed by atoms with Crippen LogP contribution < -0.4 is 0 Å². The number of fused-ring (bicyclic) bond motifs is 2. The van der Waals surface area contributed by atoms with Crippen molar-refractivity contribution in [3.8, 4) is 5.69 Å². The van der Waals surface area contributed by atoms with E-state index in [1.807, 2.05) is 31.6 Å². The van der Waals surface area contributed by atoms with Crippen molar-refractivity contribution >= 4 is 12.4 Å². The summed E-state index contributed by atoms with van der Waals surface area (Å²) in [4.78, 5) is 11.7. The highest BCUT2D eigenvalue weighted by Gasteiger charge is 2.40. The molecule has 1 unspecified atom stereocenters. The molecule has 1 fully saturated rings. The number of carbonyl (C=O) groups is 1. The second-order valence-corrected chi connectivity index (χ2v) is 6.85. The average Bonchev–Trinajstić information content (AvgIpc) is 3.16. The summed E-state index contributed by atoms with van der Waals surface area (Å²) in [6.07, 6.45) is 10.00. The summed E-state index contributed by atoms with van der Waals surface area (Å²) in [5, 5.41) is 4.45. The van der Waals surface area contributed by atoms with E-state index in [9.17, 15) is 9.18 Å². The van der Waals surface area contributed by atoms with Gasteiger partial charge in [0.15, 0.2) is 0 Å². The molecule has 0 radical (unpaired) electrons. The van der Waals surface area contributed by atoms with Gasteiger partial charge in [0, 0.05) is 13.7 Å². The van der Waals surface area contributed by atoms with E-state index in [2.05, 4.69) is 15.9 Å². The molecule has 1 aromatic carbocycles. The molecule has 0 bridgehead atoms. The highest BCUT2D eigenvalue weighted by molar-refractivity contribution is 5.74. The zero-order chi connectivity index (χ0) is 20.6. The van der Waals surface area contributed by atoms with Crippen molar-refractivity contribution in [2.24, 2.45) is 5.41 Å². The maximum atomic E-state index is 13.1. The Labute approximate surface area is 167 Å². The molecule has 1 aromatic heterocycles. The fourth-order valence-electron chi connectivity index (χ4n) is 3.73. The maximum Gasteiger partial charge on any atom is 0.130 e. The van der Waals surface area contributed by atoms with Gasteiger partial charge in [0.25, 0.3) is 0 Å². The van der Waals surface area contributed by atoms with Crippen LogP contribution >= 0.6 is 0 Å². The van der Waals surface area contributed by atoms with Crippen molar-refractivity contribution in [1.29, 1.82) is 0 Å². The van der Waals surface area contributed by atoms with E-state index in [1.54, 1.807) is 19.2 Å². The van der Waals surface area contributed by atoms with E-state index < -0.39 is 0 Å². The van der Waals surface area contributed by atoms with E-state index in [1.165, 1.54) is 17.7 Å². The highest BCUT2D eigenvalue weighted by atomic mass is 19.1. The standard InChI is InChI=1S/C18H17FN2O.C3H8O.C2H6/c19-15-4-6-16(7-5-15)21-17-9-14-3-1-2-8-18(14,12-22)10-13(17)11-20-21;1-3-4-2;1-2/h4-7,9,11-12H,1-3,8,10H2;3H2,1-2H3;1-2H3. The van der Waals surface area contributed by atoms with Crippen molar-refractivity contribution in [2.45, 2.75) is 52.9 Å². The number of halogens is 1. The van der Waals surface area contributed by atoms with Crippen LogP contribution in [0.4, 0.5) is 4.39 Å². The van der Waals surface area contributed by atoms with Gasteiger partial charge in [0.1, 0.15) is 12.1 Å². The Morgan fingerprint density at radius 3 is 2.54 bits per heavy atom. The molecule has 1 atom stereocenters. The van der Waals surface area contributed by atoms with Gasteiger partial charge < -0.3 is 9.53 Å². The smallest absolute Gasteiger partial charge is 0.130 e. The molecular weight excluding hydrogens is 355 g/mol. The van der Waals surface area contributed by atoms with E-state index in [0.717, 1.165) is 61.9 Å². The summed E-state index contributed by atoms with van der Waals surface area (Å²) >= 11 is 0. The first-order chi connectivity index (χ1) is 13.6. The number of methoxy groups -OCH3 is 1. The molecule has 1 heterocycles. The summed E-state index contributed by atoms with van der Waals surface area (Å²) in [6, 6.07) is 6.33. The SMILES string of the molecule is CC.CCOC.O=CC12CCCCC1=Cc1c(cnn1-c1ccc(F)cc1)C2. The summed E-state index contributed by atoms with van der Waals surface area (Å²) in [5.74, 6) is -0.254. The number of nitrogens with zero attached hydrogens (tertiary/aromatic N) is 2. The summed E-state index contributed by atoms with van der Waals surface area (Å²) in [6.45, 7) is 6.78. The van der Waals surface area contributed by atoms with Gasteiger partial charge in [-0.3, -0.25) is 0 Å². The molecule has 1 saturated carbocycles. The number of rotatable bonds is 3. The van der Waals surface area contributed by atoms with Crippen LogP contribution in [0.2, 0.25) is 0 Å². The minimum Gasteiger partial charge on any atom is -0.385 e. The number of aromatic nitrogens is 2. The van der Waals surface area contributed by atoms with Gasteiger partial charge in [-0.25, -0.2) is 9.07 Å². The normalized spacial score (nSPS) is 19.7. The van der Waals surface area contributed by atoms with Crippen molar-refractivity contribution in [2.75, 3.05) is 13.7 Å². The molecule has 4 nitrogen and oxygen atoms in total. The monoisotopic (exact) mass is 386 g/mol. The predicted octanol–water partition coefficient (Wildman–Crippen LogP) is 5.39. The van der Waals surface area contributed by atoms with Gasteiger partial charge in [-0.05, 0) is 68.5 Å². The Hall–Kier alpha value is -2.27. The van der Waals surface area contributed by atoms with Crippen LogP contribution in [0.25, 0.3) is 11.8 Å². The Kier molecular flexibility index (Phi) is 8.12. The molecule has 2 aromatic rings. The lowest BCUT2D eigenvalue weighted by Crippen LogP contribution is -2.33. The first-order valence-corrected chi connectivity index (χ1v) is 10.1. The number of carbonyl (C=O) groups excluding carboxylic acids is 1. The molecule has 2 aliphatic rings. The molecule has 0 N–H and O–H groups in total. The lowest BCUT2D eigenvalue weighted by Gasteiger charge is -2.37. The molecule has 0 amide bonds. The Balaban J connectivity index is 0.000000419. The number of aldehydes is 1. The highest BCUT2D eigenvalue weighted by Crippen LogP contribution is 2.46. The summed E-state index contributed by atoms with van der Waals surface area (Å²) in [7, 11) is 1.68. The third kappa shape index (κ3) is 4.58. The first-order valence-electron chi connectivity index (χ1n) is 10.1. The summed E-state index contributed by atoms with van der Waals surface area (Å²) < 4.78 is 19.5. The molecule has 4 rings (SSSR count). The molecule has 28 heavy (non-hydrogen) atoms. The van der Waals surface area contributed by atoms with Crippen LogP contribution in [0.15, 0.2) is 36.0 Å². The minimum absolute atomic E-state index is 0.254. The lowest BCUT2D eigenvalue weighted by molar-refractivity contribution is -0.115. The lowest BCUT2D eigenvalue weighted by atomic mass is 9.65. The molecule has 152 valence electrons. The van der Waals surface area contributed by atoms with Crippen LogP contribution in [-0.4, -0.2) is 29.8 Å². The van der Waals surface area contributed by atoms with Crippen molar-refractivity contribution < 1.29 is 13.9 Å². The van der Waals surface area contributed by atoms with Gasteiger partial charge in [-0.15, -0.1) is 0 Å². The number of allylic oxidation sites excluding steroid dienone is 1. The van der Waals surface area contributed by atoms with E-state index in [-0.39, 0.29) is 11.2 Å². The van der Waals surface area contributed by atoms with E-state index in [4.69, 9.17) is 0 Å². The van der Waals surface area contributed by atoms with Crippen LogP contribution in [0, 0.1) is 11.2 Å². The molecule has 0 saturated heterocycles. The summed E-state index contributed by atoms with van der Waals surface area (Å²) in [5.41, 5.74) is 3.88. The Morgan fingerprint density at radius 2 is 1.93 bits per heavy atom. The third-order valence-electron chi connectivity index (χ3n) is 5.25. The number of hydrogen-bond acceptors (Lipinski definition) is 3. The molecule has 0 spiro atoms. The van der Waals surface area contributed by atoms with Gasteiger partial charge in [0.05, 0.1) is 23.0 Å². The topological polar surface area (TPSA) is 44.1 Å². The fraction of sp³-hybridized carbons (Fsp3) is 0.478. The Bertz CT molecular complexity index is 793. The number of benzene rings is 1. The third-order valence-corrected chi connectivity index (χ3v) is 5.25. The van der Waals surface area contributed by atoms with E-state index in [0.29, 0.717) is 0 Å². The molecule has 0 aliphatic heterocycles. The van der Waals surface area contributed by atoms with Crippen LogP contribution in [0.3, 0.4) is 0 Å². The molecule has 5 heteroatoms. The van der Waals surface area contributed by atoms with Crippen LogP contribution in [0.5, 0.6) is 0 Å². The quantitative estimate of drug-likeness (QED) is 0.665. The van der Waals surface area contributed by atoms with Crippen LogP contribution in [0.1, 0.15) is 57.7 Å². The van der Waals surface area contributed by atoms with Gasteiger partial charge in [0.2, 0.25) is 0 Å². The average molecular weight is 387 g/mol. The zero-order valence-corrected chi connectivity index (χ0v) is 17.4. The molecule has 2 aliphatic carbocycles. The van der Waals surface area contributed by atoms with Gasteiger partial charge in [-0.2, -0.15) is 5.10 Å². The van der Waals surface area contributed by atoms with Crippen molar-refractivity contribution in [3.05, 3.63) is 53.1 Å². The largest absolute Gasteiger partial charge is 0.385 e. The first kappa shape index (κ1) is 22.0. The fourth-order valence-corrected chi connectivity index (χ4v) is 3.73. The second-order valence-electron chi connectivity index (χ2n) is 6.85. The minimum atomic E-state index is -0.318. The van der Waals surface area contributed by atoms with Gasteiger partial charge in [-0.1, -0.05) is 25.8 Å². The Morgan fingerprint density at radius 1 is 1.25 bits per heavy atom. The zero-order valence-electron chi connectivity index (χ0n) is 17.4. The van der Waals surface area contributed by atoms with Crippen molar-refractivity contribution in [3.63, 3.8) is 0 Å². The van der Waals surface area contributed by atoms with E-state index >= 15 is 0 Å². The van der Waals surface area contributed by atoms with Crippen molar-refractivity contribution in [1.82, 2.24) is 9.78 Å².